The monoisotopic (exact) mass is 242 g/mol. The molecule has 0 atom stereocenters. The molecule has 0 amide bonds. The van der Waals surface area contributed by atoms with Gasteiger partial charge in [-0.25, -0.2) is 0 Å². The van der Waals surface area contributed by atoms with Gasteiger partial charge in [0.2, 0.25) is 0 Å². The fraction of sp³-hybridized carbons (Fsp3) is 0.250. The molecule has 0 saturated heterocycles. The zero-order valence-corrected chi connectivity index (χ0v) is 10.9. The molecule has 0 aliphatic carbocycles. The lowest BCUT2D eigenvalue weighted by Gasteiger charge is -2.22. The van der Waals surface area contributed by atoms with E-state index < -0.39 is 5.60 Å². The molecule has 0 heterocycles. The fourth-order valence-electron chi connectivity index (χ4n) is 2.12. The Hall–Kier alpha value is -1.80. The van der Waals surface area contributed by atoms with E-state index in [0.717, 1.165) is 22.3 Å². The fourth-order valence-corrected chi connectivity index (χ4v) is 2.12. The maximum absolute atomic E-state index is 10.2. The van der Waals surface area contributed by atoms with Crippen molar-refractivity contribution in [2.75, 3.05) is 0 Å². The van der Waals surface area contributed by atoms with Gasteiger partial charge in [-0.1, -0.05) is 35.9 Å². The lowest BCUT2D eigenvalue weighted by atomic mass is 9.89. The van der Waals surface area contributed by atoms with Crippen LogP contribution in [0.3, 0.4) is 0 Å². The van der Waals surface area contributed by atoms with E-state index >= 15 is 0 Å². The minimum Gasteiger partial charge on any atom is -0.507 e. The van der Waals surface area contributed by atoms with Crippen molar-refractivity contribution in [3.05, 3.63) is 53.6 Å². The minimum atomic E-state index is -0.938. The Morgan fingerprint density at radius 1 is 0.944 bits per heavy atom. The topological polar surface area (TPSA) is 40.5 Å². The number of aliphatic hydroxyl groups is 1. The summed E-state index contributed by atoms with van der Waals surface area (Å²) in [5.41, 5.74) is 2.57. The van der Waals surface area contributed by atoms with E-state index in [4.69, 9.17) is 0 Å². The maximum Gasteiger partial charge on any atom is 0.123 e. The van der Waals surface area contributed by atoms with Gasteiger partial charge < -0.3 is 10.2 Å². The van der Waals surface area contributed by atoms with Crippen molar-refractivity contribution in [2.24, 2.45) is 0 Å². The van der Waals surface area contributed by atoms with E-state index in [1.165, 1.54) is 0 Å². The van der Waals surface area contributed by atoms with Crippen molar-refractivity contribution >= 4 is 0 Å². The largest absolute Gasteiger partial charge is 0.507 e. The molecule has 2 N–H and O–H groups in total. The molecule has 0 fully saturated rings. The van der Waals surface area contributed by atoms with Crippen LogP contribution < -0.4 is 0 Å². The van der Waals surface area contributed by atoms with Crippen LogP contribution in [0.25, 0.3) is 11.1 Å². The molecule has 2 rings (SSSR count). The third-order valence-corrected chi connectivity index (χ3v) is 3.03. The Morgan fingerprint density at radius 3 is 2.28 bits per heavy atom. The highest BCUT2D eigenvalue weighted by Crippen LogP contribution is 2.36. The zero-order chi connectivity index (χ0) is 13.3. The molecule has 18 heavy (non-hydrogen) atoms. The van der Waals surface area contributed by atoms with Crippen LogP contribution in [-0.2, 0) is 5.60 Å². The Bertz CT molecular complexity index is 566. The van der Waals surface area contributed by atoms with E-state index in [0.29, 0.717) is 0 Å². The summed E-state index contributed by atoms with van der Waals surface area (Å²) >= 11 is 0. The molecule has 0 aromatic heterocycles. The van der Waals surface area contributed by atoms with Crippen LogP contribution in [0.2, 0.25) is 0 Å². The van der Waals surface area contributed by atoms with Gasteiger partial charge in [0.15, 0.2) is 0 Å². The summed E-state index contributed by atoms with van der Waals surface area (Å²) in [4.78, 5) is 0. The van der Waals surface area contributed by atoms with Crippen molar-refractivity contribution < 1.29 is 10.2 Å². The first-order valence-corrected chi connectivity index (χ1v) is 6.01. The van der Waals surface area contributed by atoms with Crippen LogP contribution in [0.4, 0.5) is 0 Å². The predicted octanol–water partition coefficient (Wildman–Crippen LogP) is 3.60. The molecule has 94 valence electrons. The summed E-state index contributed by atoms with van der Waals surface area (Å²) in [7, 11) is 0. The molecule has 0 unspecified atom stereocenters. The second-order valence-corrected chi connectivity index (χ2v) is 5.13. The third-order valence-electron chi connectivity index (χ3n) is 3.03. The van der Waals surface area contributed by atoms with Gasteiger partial charge in [-0.3, -0.25) is 0 Å². The Balaban J connectivity index is 2.68. The van der Waals surface area contributed by atoms with Gasteiger partial charge in [0.1, 0.15) is 5.75 Å². The van der Waals surface area contributed by atoms with Crippen molar-refractivity contribution in [2.45, 2.75) is 26.4 Å². The van der Waals surface area contributed by atoms with Crippen LogP contribution in [-0.4, -0.2) is 10.2 Å². The maximum atomic E-state index is 10.2. The van der Waals surface area contributed by atoms with Crippen molar-refractivity contribution in [1.82, 2.24) is 0 Å². The van der Waals surface area contributed by atoms with Gasteiger partial charge in [-0.2, -0.15) is 0 Å². The number of phenols is 1. The smallest absolute Gasteiger partial charge is 0.123 e. The predicted molar refractivity (Wildman–Crippen MR) is 73.5 cm³/mol. The normalized spacial score (nSPS) is 11.6. The molecular formula is C16H18O2. The summed E-state index contributed by atoms with van der Waals surface area (Å²) in [6, 6.07) is 13.1. The number of phenolic OH excluding ortho intramolecular Hbond substituents is 1. The van der Waals surface area contributed by atoms with Crippen molar-refractivity contribution in [3.8, 4) is 16.9 Å². The van der Waals surface area contributed by atoms with Gasteiger partial charge in [-0.15, -0.1) is 0 Å². The highest BCUT2D eigenvalue weighted by atomic mass is 16.3. The first-order valence-electron chi connectivity index (χ1n) is 6.01. The zero-order valence-electron chi connectivity index (χ0n) is 10.9. The molecule has 0 spiro atoms. The van der Waals surface area contributed by atoms with Gasteiger partial charge >= 0.3 is 0 Å². The highest BCUT2D eigenvalue weighted by molar-refractivity contribution is 5.74. The number of benzene rings is 2. The van der Waals surface area contributed by atoms with Crippen LogP contribution in [0, 0.1) is 6.92 Å². The van der Waals surface area contributed by atoms with E-state index in [9.17, 15) is 10.2 Å². The van der Waals surface area contributed by atoms with Gasteiger partial charge in [0, 0.05) is 5.56 Å². The van der Waals surface area contributed by atoms with E-state index in [1.54, 1.807) is 19.9 Å². The van der Waals surface area contributed by atoms with Crippen molar-refractivity contribution in [1.29, 1.82) is 0 Å². The van der Waals surface area contributed by atoms with Crippen LogP contribution in [0.5, 0.6) is 5.75 Å². The molecule has 0 saturated carbocycles. The third kappa shape index (κ3) is 2.39. The molecule has 2 aromatic rings. The summed E-state index contributed by atoms with van der Waals surface area (Å²) < 4.78 is 0. The Labute approximate surface area is 108 Å². The van der Waals surface area contributed by atoms with Crippen molar-refractivity contribution in [3.63, 3.8) is 0 Å². The molecule has 0 bridgehead atoms. The van der Waals surface area contributed by atoms with Crippen LogP contribution in [0.15, 0.2) is 42.5 Å². The average Bonchev–Trinajstić information content (AvgIpc) is 2.31. The van der Waals surface area contributed by atoms with Gasteiger partial charge in [0.05, 0.1) is 5.60 Å². The molecule has 0 aliphatic heterocycles. The lowest BCUT2D eigenvalue weighted by molar-refractivity contribution is 0.0792. The molecule has 0 radical (unpaired) electrons. The number of hydrogen-bond donors (Lipinski definition) is 2. The molecule has 0 aliphatic rings. The van der Waals surface area contributed by atoms with E-state index in [2.05, 4.69) is 0 Å². The first-order chi connectivity index (χ1) is 8.39. The van der Waals surface area contributed by atoms with Crippen LogP contribution in [0.1, 0.15) is 25.0 Å². The van der Waals surface area contributed by atoms with E-state index in [-0.39, 0.29) is 5.75 Å². The summed E-state index contributed by atoms with van der Waals surface area (Å²) in [6.45, 7) is 5.48. The molecule has 2 nitrogen and oxygen atoms in total. The molecular weight excluding hydrogens is 224 g/mol. The van der Waals surface area contributed by atoms with Crippen LogP contribution >= 0.6 is 0 Å². The summed E-state index contributed by atoms with van der Waals surface area (Å²) in [5.74, 6) is 0.234. The Morgan fingerprint density at radius 2 is 1.61 bits per heavy atom. The van der Waals surface area contributed by atoms with Gasteiger partial charge in [0.25, 0.3) is 0 Å². The number of rotatable bonds is 2. The second kappa shape index (κ2) is 4.46. The summed E-state index contributed by atoms with van der Waals surface area (Å²) in [6.07, 6.45) is 0. The quantitative estimate of drug-likeness (QED) is 0.844. The minimum absolute atomic E-state index is 0.234. The first kappa shape index (κ1) is 12.7. The number of aryl methyl sites for hydroxylation is 1. The SMILES string of the molecule is Cc1ccc(O)c(-c2ccccc2C(C)(C)O)c1. The number of aromatic hydroxyl groups is 1. The molecule has 2 heteroatoms. The molecule has 2 aromatic carbocycles. The summed E-state index contributed by atoms with van der Waals surface area (Å²) in [5, 5.41) is 20.2. The number of hydrogen-bond acceptors (Lipinski definition) is 2. The Kier molecular flexibility index (Phi) is 3.14. The van der Waals surface area contributed by atoms with E-state index in [1.807, 2.05) is 43.3 Å². The van der Waals surface area contributed by atoms with Gasteiger partial charge in [-0.05, 0) is 44.0 Å². The highest BCUT2D eigenvalue weighted by Gasteiger charge is 2.21. The average molecular weight is 242 g/mol. The standard InChI is InChI=1S/C16H18O2/c1-11-8-9-15(17)13(10-11)12-6-4-5-7-14(12)16(2,3)18/h4-10,17-18H,1-3H3. The lowest BCUT2D eigenvalue weighted by Crippen LogP contribution is -2.16. The second-order valence-electron chi connectivity index (χ2n) is 5.13.